The molecule has 9 heavy (non-hydrogen) atoms. The molecule has 0 atom stereocenters. The zero-order chi connectivity index (χ0) is 6.69. The monoisotopic (exact) mass is 238 g/mol. The fraction of sp³-hybridized carbons (Fsp3) is 0.429. The third-order valence-corrected chi connectivity index (χ3v) is 2.15. The Labute approximate surface area is 68.0 Å². The number of halogens is 2. The Balaban J connectivity index is 2.68. The van der Waals surface area contributed by atoms with Gasteiger partial charge in [-0.25, -0.2) is 4.39 Å². The van der Waals surface area contributed by atoms with Gasteiger partial charge in [-0.05, 0) is 24.5 Å². The lowest BCUT2D eigenvalue weighted by Crippen LogP contribution is -1.90. The van der Waals surface area contributed by atoms with Crippen molar-refractivity contribution in [3.63, 3.8) is 0 Å². The van der Waals surface area contributed by atoms with Crippen LogP contribution in [0.15, 0.2) is 23.6 Å². The molecule has 0 aliphatic heterocycles. The van der Waals surface area contributed by atoms with E-state index in [1.54, 1.807) is 6.08 Å². The number of rotatable bonds is 1. The van der Waals surface area contributed by atoms with E-state index >= 15 is 0 Å². The van der Waals surface area contributed by atoms with Crippen molar-refractivity contribution >= 4 is 22.6 Å². The highest BCUT2D eigenvalue weighted by atomic mass is 127. The Morgan fingerprint density at radius 1 is 1.44 bits per heavy atom. The predicted octanol–water partition coefficient (Wildman–Crippen LogP) is 3.00. The molecule has 0 saturated carbocycles. The van der Waals surface area contributed by atoms with Gasteiger partial charge >= 0.3 is 0 Å². The van der Waals surface area contributed by atoms with Gasteiger partial charge in [-0.3, -0.25) is 0 Å². The maximum Gasteiger partial charge on any atom is 0.122 e. The summed E-state index contributed by atoms with van der Waals surface area (Å²) in [5, 5.41) is 0. The van der Waals surface area contributed by atoms with Crippen LogP contribution in [0.25, 0.3) is 0 Å². The Hall–Kier alpha value is 0.140. The molecule has 0 N–H and O–H groups in total. The standard InChI is InChI=1S/C7H8FI/c8-7-4-2-1-3-6(7)5-9/h3-4H,1-2,5H2. The Morgan fingerprint density at radius 3 is 2.56 bits per heavy atom. The summed E-state index contributed by atoms with van der Waals surface area (Å²) in [6.45, 7) is 0. The van der Waals surface area contributed by atoms with Crippen molar-refractivity contribution in [3.05, 3.63) is 23.6 Å². The third kappa shape index (κ3) is 1.78. The van der Waals surface area contributed by atoms with Gasteiger partial charge in [-0.15, -0.1) is 0 Å². The second kappa shape index (κ2) is 3.34. The predicted molar refractivity (Wildman–Crippen MR) is 45.4 cm³/mol. The molecule has 0 fully saturated rings. The van der Waals surface area contributed by atoms with Crippen molar-refractivity contribution in [2.24, 2.45) is 0 Å². The molecule has 0 aromatic carbocycles. The molecule has 1 rings (SSSR count). The molecule has 0 heterocycles. The van der Waals surface area contributed by atoms with Crippen LogP contribution in [0.1, 0.15) is 12.8 Å². The molecule has 0 unspecified atom stereocenters. The van der Waals surface area contributed by atoms with E-state index in [-0.39, 0.29) is 5.83 Å². The van der Waals surface area contributed by atoms with Crippen molar-refractivity contribution in [3.8, 4) is 0 Å². The van der Waals surface area contributed by atoms with Crippen molar-refractivity contribution in [1.29, 1.82) is 0 Å². The fourth-order valence-electron chi connectivity index (χ4n) is 0.815. The maximum absolute atomic E-state index is 12.6. The second-order valence-corrected chi connectivity index (χ2v) is 2.76. The van der Waals surface area contributed by atoms with E-state index in [1.165, 1.54) is 0 Å². The molecule has 0 spiro atoms. The van der Waals surface area contributed by atoms with Crippen LogP contribution >= 0.6 is 22.6 Å². The van der Waals surface area contributed by atoms with Crippen LogP contribution in [0.2, 0.25) is 0 Å². The lowest BCUT2D eigenvalue weighted by molar-refractivity contribution is 0.637. The highest BCUT2D eigenvalue weighted by Crippen LogP contribution is 2.20. The molecule has 1 aliphatic rings. The zero-order valence-corrected chi connectivity index (χ0v) is 7.19. The molecule has 0 aromatic heterocycles. The summed E-state index contributed by atoms with van der Waals surface area (Å²) in [6.07, 6.45) is 5.51. The van der Waals surface area contributed by atoms with E-state index in [1.807, 2.05) is 6.08 Å². The fourth-order valence-corrected chi connectivity index (χ4v) is 1.49. The summed E-state index contributed by atoms with van der Waals surface area (Å²) < 4.78 is 13.4. The normalized spacial score (nSPS) is 18.9. The van der Waals surface area contributed by atoms with E-state index in [9.17, 15) is 4.39 Å². The van der Waals surface area contributed by atoms with Gasteiger partial charge in [0, 0.05) is 4.43 Å². The quantitative estimate of drug-likeness (QED) is 0.486. The maximum atomic E-state index is 12.6. The van der Waals surface area contributed by atoms with Gasteiger partial charge < -0.3 is 0 Å². The van der Waals surface area contributed by atoms with Crippen molar-refractivity contribution in [2.75, 3.05) is 4.43 Å². The van der Waals surface area contributed by atoms with Crippen molar-refractivity contribution in [1.82, 2.24) is 0 Å². The largest absolute Gasteiger partial charge is 0.207 e. The smallest absolute Gasteiger partial charge is 0.122 e. The minimum atomic E-state index is -0.0179. The first-order valence-corrected chi connectivity index (χ1v) is 4.48. The van der Waals surface area contributed by atoms with E-state index in [0.717, 1.165) is 22.8 Å². The number of alkyl halides is 1. The second-order valence-electron chi connectivity index (χ2n) is 1.99. The van der Waals surface area contributed by atoms with Gasteiger partial charge in [0.2, 0.25) is 0 Å². The van der Waals surface area contributed by atoms with Crippen LogP contribution in [0.4, 0.5) is 4.39 Å². The van der Waals surface area contributed by atoms with Gasteiger partial charge in [-0.1, -0.05) is 28.7 Å². The van der Waals surface area contributed by atoms with E-state index < -0.39 is 0 Å². The highest BCUT2D eigenvalue weighted by molar-refractivity contribution is 14.1. The van der Waals surface area contributed by atoms with Crippen molar-refractivity contribution < 1.29 is 4.39 Å². The van der Waals surface area contributed by atoms with Gasteiger partial charge in [0.15, 0.2) is 0 Å². The molecule has 1 aliphatic carbocycles. The Bertz CT molecular complexity index is 158. The Morgan fingerprint density at radius 2 is 2.11 bits per heavy atom. The molecule has 0 amide bonds. The summed E-state index contributed by atoms with van der Waals surface area (Å²) in [5.74, 6) is -0.0179. The van der Waals surface area contributed by atoms with Crippen LogP contribution in [-0.4, -0.2) is 4.43 Å². The number of hydrogen-bond donors (Lipinski definition) is 0. The third-order valence-electron chi connectivity index (χ3n) is 1.33. The molecule has 0 bridgehead atoms. The van der Waals surface area contributed by atoms with E-state index in [0.29, 0.717) is 0 Å². The van der Waals surface area contributed by atoms with Crippen LogP contribution < -0.4 is 0 Å². The molecule has 0 radical (unpaired) electrons. The first kappa shape index (κ1) is 7.25. The molecular weight excluding hydrogens is 230 g/mol. The molecule has 0 saturated heterocycles. The van der Waals surface area contributed by atoms with Crippen LogP contribution in [0.3, 0.4) is 0 Å². The van der Waals surface area contributed by atoms with E-state index in [4.69, 9.17) is 0 Å². The summed E-state index contributed by atoms with van der Waals surface area (Å²) in [4.78, 5) is 0. The zero-order valence-electron chi connectivity index (χ0n) is 5.03. The highest BCUT2D eigenvalue weighted by Gasteiger charge is 2.04. The van der Waals surface area contributed by atoms with Crippen molar-refractivity contribution in [2.45, 2.75) is 12.8 Å². The lowest BCUT2D eigenvalue weighted by atomic mass is 10.1. The number of allylic oxidation sites excluding steroid dienone is 4. The summed E-state index contributed by atoms with van der Waals surface area (Å²) in [6, 6.07) is 0. The summed E-state index contributed by atoms with van der Waals surface area (Å²) in [5.41, 5.74) is 0.863. The minimum absolute atomic E-state index is 0.0179. The molecule has 0 nitrogen and oxygen atoms in total. The summed E-state index contributed by atoms with van der Waals surface area (Å²) >= 11 is 2.17. The first-order valence-electron chi connectivity index (χ1n) is 2.95. The lowest BCUT2D eigenvalue weighted by Gasteiger charge is -2.04. The first-order chi connectivity index (χ1) is 4.34. The molecule has 0 aromatic rings. The average Bonchev–Trinajstić information content (AvgIpc) is 1.89. The minimum Gasteiger partial charge on any atom is -0.207 e. The number of hydrogen-bond acceptors (Lipinski definition) is 0. The average molecular weight is 238 g/mol. The van der Waals surface area contributed by atoms with Gasteiger partial charge in [0.1, 0.15) is 5.83 Å². The van der Waals surface area contributed by atoms with Crippen LogP contribution in [-0.2, 0) is 0 Å². The molecule has 2 heteroatoms. The topological polar surface area (TPSA) is 0 Å². The van der Waals surface area contributed by atoms with Gasteiger partial charge in [0.05, 0.1) is 0 Å². The molecule has 50 valence electrons. The van der Waals surface area contributed by atoms with Crippen LogP contribution in [0.5, 0.6) is 0 Å². The summed E-state index contributed by atoms with van der Waals surface area (Å²) in [7, 11) is 0. The van der Waals surface area contributed by atoms with Crippen LogP contribution in [0, 0.1) is 0 Å². The van der Waals surface area contributed by atoms with Gasteiger partial charge in [-0.2, -0.15) is 0 Å². The Kier molecular flexibility index (Phi) is 2.69. The van der Waals surface area contributed by atoms with E-state index in [2.05, 4.69) is 22.6 Å². The SMILES string of the molecule is FC1=CCCC=C1CI. The molecular formula is C7H8FI. The van der Waals surface area contributed by atoms with Gasteiger partial charge in [0.25, 0.3) is 0 Å².